The molecule has 0 bridgehead atoms. The summed E-state index contributed by atoms with van der Waals surface area (Å²) in [4.78, 5) is 24.0. The minimum atomic E-state index is -0.458. The van der Waals surface area contributed by atoms with Gasteiger partial charge in [0.1, 0.15) is 12.9 Å². The van der Waals surface area contributed by atoms with E-state index in [0.717, 1.165) is 11.1 Å². The van der Waals surface area contributed by atoms with Crippen LogP contribution < -0.4 is 5.32 Å². The lowest BCUT2D eigenvalue weighted by molar-refractivity contribution is 0.141. The number of ether oxygens (including phenoxy) is 1. The molecule has 0 aliphatic rings. The van der Waals surface area contributed by atoms with Crippen molar-refractivity contribution in [3.05, 3.63) is 78.6 Å². The van der Waals surface area contributed by atoms with E-state index < -0.39 is 6.09 Å². The third-order valence-corrected chi connectivity index (χ3v) is 3.28. The summed E-state index contributed by atoms with van der Waals surface area (Å²) in [7, 11) is 0. The third-order valence-electron chi connectivity index (χ3n) is 3.28. The van der Waals surface area contributed by atoms with Crippen LogP contribution in [0.4, 0.5) is 4.79 Å². The normalized spacial score (nSPS) is 10.7. The number of nitrogens with one attached hydrogen (secondary N) is 1. The number of aromatic nitrogens is 4. The molecule has 7 nitrogen and oxygen atoms in total. The van der Waals surface area contributed by atoms with E-state index in [-0.39, 0.29) is 6.61 Å². The molecule has 0 unspecified atom stereocenters. The molecule has 1 N–H and O–H groups in total. The van der Waals surface area contributed by atoms with Crippen molar-refractivity contribution in [2.24, 2.45) is 0 Å². The molecule has 1 aromatic carbocycles. The van der Waals surface area contributed by atoms with Crippen molar-refractivity contribution in [2.75, 3.05) is 6.54 Å². The first kappa shape index (κ1) is 16.4. The largest absolute Gasteiger partial charge is 0.445 e. The van der Waals surface area contributed by atoms with E-state index in [1.54, 1.807) is 41.8 Å². The standard InChI is InChI=1S/C18H17N5O2/c24-18(25-13-15-5-2-1-3-6-15)20-8-4-7-16-11-21-17(22-12-16)23-10-9-19-14-23/h1-7,9-12,14H,8,13H2,(H,20,24). The van der Waals surface area contributed by atoms with Crippen LogP contribution in [0.2, 0.25) is 0 Å². The number of hydrogen-bond acceptors (Lipinski definition) is 5. The maximum Gasteiger partial charge on any atom is 0.407 e. The van der Waals surface area contributed by atoms with Gasteiger partial charge in [0.25, 0.3) is 0 Å². The van der Waals surface area contributed by atoms with E-state index in [1.807, 2.05) is 36.4 Å². The smallest absolute Gasteiger partial charge is 0.407 e. The van der Waals surface area contributed by atoms with Crippen molar-refractivity contribution >= 4 is 12.2 Å². The van der Waals surface area contributed by atoms with Crippen LogP contribution >= 0.6 is 0 Å². The fraction of sp³-hybridized carbons (Fsp3) is 0.111. The highest BCUT2D eigenvalue weighted by Crippen LogP contribution is 2.03. The quantitative estimate of drug-likeness (QED) is 0.749. The molecule has 0 fully saturated rings. The minimum Gasteiger partial charge on any atom is -0.445 e. The van der Waals surface area contributed by atoms with Crippen LogP contribution in [0.15, 0.2) is 67.5 Å². The fourth-order valence-corrected chi connectivity index (χ4v) is 2.04. The Labute approximate surface area is 145 Å². The average molecular weight is 335 g/mol. The van der Waals surface area contributed by atoms with Crippen molar-refractivity contribution in [1.82, 2.24) is 24.8 Å². The molecule has 0 aliphatic carbocycles. The van der Waals surface area contributed by atoms with Gasteiger partial charge in [0.15, 0.2) is 0 Å². The molecule has 126 valence electrons. The van der Waals surface area contributed by atoms with Gasteiger partial charge in [-0.15, -0.1) is 0 Å². The van der Waals surface area contributed by atoms with Crippen LogP contribution in [-0.4, -0.2) is 32.2 Å². The van der Waals surface area contributed by atoms with Crippen molar-refractivity contribution < 1.29 is 9.53 Å². The molecule has 2 aromatic heterocycles. The van der Waals surface area contributed by atoms with E-state index in [0.29, 0.717) is 12.5 Å². The summed E-state index contributed by atoms with van der Waals surface area (Å²) in [5, 5.41) is 2.66. The Kier molecular flexibility index (Phi) is 5.50. The van der Waals surface area contributed by atoms with E-state index in [4.69, 9.17) is 4.74 Å². The van der Waals surface area contributed by atoms with Gasteiger partial charge in [-0.05, 0) is 5.56 Å². The maximum absolute atomic E-state index is 11.6. The van der Waals surface area contributed by atoms with Crippen LogP contribution in [0.25, 0.3) is 12.0 Å². The molecule has 0 saturated carbocycles. The SMILES string of the molecule is O=C(NCC=Cc1cnc(-n2ccnc2)nc1)OCc1ccccc1. The lowest BCUT2D eigenvalue weighted by Gasteiger charge is -2.05. The number of amides is 1. The lowest BCUT2D eigenvalue weighted by Crippen LogP contribution is -2.24. The number of imidazole rings is 1. The second-order valence-corrected chi connectivity index (χ2v) is 5.13. The molecule has 3 rings (SSSR count). The van der Waals surface area contributed by atoms with Crippen molar-refractivity contribution in [1.29, 1.82) is 0 Å². The van der Waals surface area contributed by atoms with Gasteiger partial charge in [0.05, 0.1) is 0 Å². The molecule has 0 aliphatic heterocycles. The molecule has 3 aromatic rings. The molecule has 2 heterocycles. The van der Waals surface area contributed by atoms with E-state index in [2.05, 4.69) is 20.3 Å². The summed E-state index contributed by atoms with van der Waals surface area (Å²) in [6, 6.07) is 9.53. The average Bonchev–Trinajstić information content (AvgIpc) is 3.20. The molecule has 7 heteroatoms. The predicted octanol–water partition coefficient (Wildman–Crippen LogP) is 2.60. The van der Waals surface area contributed by atoms with Crippen molar-refractivity contribution in [2.45, 2.75) is 6.61 Å². The van der Waals surface area contributed by atoms with Gasteiger partial charge in [-0.3, -0.25) is 4.57 Å². The molecule has 1 amide bonds. The van der Waals surface area contributed by atoms with Crippen LogP contribution in [0.1, 0.15) is 11.1 Å². The van der Waals surface area contributed by atoms with Gasteiger partial charge in [0.2, 0.25) is 5.95 Å². The first-order chi connectivity index (χ1) is 12.3. The number of hydrogen-bond donors (Lipinski definition) is 1. The van der Waals surface area contributed by atoms with E-state index in [1.165, 1.54) is 0 Å². The molecular weight excluding hydrogens is 318 g/mol. The first-order valence-electron chi connectivity index (χ1n) is 7.73. The molecule has 0 atom stereocenters. The van der Waals surface area contributed by atoms with Gasteiger partial charge in [-0.1, -0.05) is 42.5 Å². The van der Waals surface area contributed by atoms with Crippen LogP contribution in [0.5, 0.6) is 0 Å². The van der Waals surface area contributed by atoms with Gasteiger partial charge in [-0.25, -0.2) is 19.7 Å². The van der Waals surface area contributed by atoms with E-state index >= 15 is 0 Å². The van der Waals surface area contributed by atoms with Crippen molar-refractivity contribution in [3.63, 3.8) is 0 Å². The number of rotatable bonds is 6. The second-order valence-electron chi connectivity index (χ2n) is 5.13. The Bertz CT molecular complexity index is 814. The second kappa shape index (κ2) is 8.39. The van der Waals surface area contributed by atoms with Crippen LogP contribution in [-0.2, 0) is 11.3 Å². The molecular formula is C18H17N5O2. The summed E-state index contributed by atoms with van der Waals surface area (Å²) >= 11 is 0. The Balaban J connectivity index is 1.41. The Morgan fingerprint density at radius 2 is 2.00 bits per heavy atom. The minimum absolute atomic E-state index is 0.250. The van der Waals surface area contributed by atoms with Gasteiger partial charge in [0, 0.05) is 36.9 Å². The number of carbonyl (C=O) groups excluding carboxylic acids is 1. The zero-order valence-electron chi connectivity index (χ0n) is 13.4. The predicted molar refractivity (Wildman–Crippen MR) is 92.8 cm³/mol. The monoisotopic (exact) mass is 335 g/mol. The Hall–Kier alpha value is -3.48. The summed E-state index contributed by atoms with van der Waals surface area (Å²) < 4.78 is 6.84. The summed E-state index contributed by atoms with van der Waals surface area (Å²) in [6.07, 6.45) is 11.7. The zero-order valence-corrected chi connectivity index (χ0v) is 13.4. The fourth-order valence-electron chi connectivity index (χ4n) is 2.04. The van der Waals surface area contributed by atoms with Crippen molar-refractivity contribution in [3.8, 4) is 5.95 Å². The topological polar surface area (TPSA) is 81.9 Å². The highest BCUT2D eigenvalue weighted by Gasteiger charge is 2.00. The molecule has 25 heavy (non-hydrogen) atoms. The number of benzene rings is 1. The van der Waals surface area contributed by atoms with E-state index in [9.17, 15) is 4.79 Å². The first-order valence-corrected chi connectivity index (χ1v) is 7.73. The maximum atomic E-state index is 11.6. The molecule has 0 spiro atoms. The van der Waals surface area contributed by atoms with Crippen LogP contribution in [0.3, 0.4) is 0 Å². The summed E-state index contributed by atoms with van der Waals surface area (Å²) in [6.45, 7) is 0.608. The molecule has 0 radical (unpaired) electrons. The number of carbonyl (C=O) groups is 1. The van der Waals surface area contributed by atoms with Gasteiger partial charge < -0.3 is 10.1 Å². The molecule has 0 saturated heterocycles. The summed E-state index contributed by atoms with van der Waals surface area (Å²) in [5.41, 5.74) is 1.78. The number of nitrogens with zero attached hydrogens (tertiary/aromatic N) is 4. The highest BCUT2D eigenvalue weighted by atomic mass is 16.5. The summed E-state index contributed by atoms with van der Waals surface area (Å²) in [5.74, 6) is 0.553. The zero-order chi connectivity index (χ0) is 17.3. The van der Waals surface area contributed by atoms with Gasteiger partial charge in [-0.2, -0.15) is 0 Å². The van der Waals surface area contributed by atoms with Crippen LogP contribution in [0, 0.1) is 0 Å². The Morgan fingerprint density at radius 1 is 1.20 bits per heavy atom. The van der Waals surface area contributed by atoms with Gasteiger partial charge >= 0.3 is 6.09 Å². The third kappa shape index (κ3) is 5.00. The number of alkyl carbamates (subject to hydrolysis) is 1. The Morgan fingerprint density at radius 3 is 2.72 bits per heavy atom. The lowest BCUT2D eigenvalue weighted by atomic mass is 10.2. The highest BCUT2D eigenvalue weighted by molar-refractivity contribution is 5.67.